The Bertz CT molecular complexity index is 727. The van der Waals surface area contributed by atoms with Gasteiger partial charge in [0.15, 0.2) is 5.52 Å². The summed E-state index contributed by atoms with van der Waals surface area (Å²) in [6.07, 6.45) is 1.57. The summed E-state index contributed by atoms with van der Waals surface area (Å²) in [6.45, 7) is 7.76. The summed E-state index contributed by atoms with van der Waals surface area (Å²) in [5.41, 5.74) is 0.906. The number of aromatic hydroxyl groups is 1. The molecule has 2 heterocycles. The zero-order valence-electron chi connectivity index (χ0n) is 14.4. The number of phenols is 1. The third-order valence-electron chi connectivity index (χ3n) is 4.22. The normalized spacial score (nSPS) is 16.5. The van der Waals surface area contributed by atoms with Crippen molar-refractivity contribution in [2.75, 3.05) is 13.1 Å². The minimum atomic E-state index is -0.463. The van der Waals surface area contributed by atoms with Crippen molar-refractivity contribution in [3.05, 3.63) is 18.2 Å². The fourth-order valence-electron chi connectivity index (χ4n) is 2.98. The van der Waals surface area contributed by atoms with E-state index in [1.54, 1.807) is 17.0 Å². The highest BCUT2D eigenvalue weighted by Gasteiger charge is 2.27. The van der Waals surface area contributed by atoms with E-state index in [1.165, 1.54) is 0 Å². The molecule has 0 aliphatic carbocycles. The third-order valence-corrected chi connectivity index (χ3v) is 4.22. The van der Waals surface area contributed by atoms with E-state index in [-0.39, 0.29) is 11.8 Å². The Morgan fingerprint density at radius 1 is 1.33 bits per heavy atom. The first-order valence-electron chi connectivity index (χ1n) is 8.32. The van der Waals surface area contributed by atoms with Crippen LogP contribution in [0.3, 0.4) is 0 Å². The summed E-state index contributed by atoms with van der Waals surface area (Å²) in [7, 11) is 0. The first-order chi connectivity index (χ1) is 11.3. The van der Waals surface area contributed by atoms with E-state index in [2.05, 4.69) is 10.3 Å². The number of fused-ring (bicyclic) bond motifs is 1. The molecule has 24 heavy (non-hydrogen) atoms. The number of carbonyl (C=O) groups is 1. The van der Waals surface area contributed by atoms with Crippen LogP contribution in [0.5, 0.6) is 5.75 Å². The Hall–Kier alpha value is -2.31. The van der Waals surface area contributed by atoms with Gasteiger partial charge in [-0.15, -0.1) is 5.10 Å². The first kappa shape index (κ1) is 16.5. The summed E-state index contributed by atoms with van der Waals surface area (Å²) in [5, 5.41) is 18.0. The van der Waals surface area contributed by atoms with Crippen LogP contribution in [-0.2, 0) is 11.3 Å². The third kappa shape index (κ3) is 3.60. The molecular formula is C17H24N4O3. The molecule has 1 aliphatic rings. The largest absolute Gasteiger partial charge is 0.506 e. The molecule has 1 aliphatic heterocycles. The highest BCUT2D eigenvalue weighted by molar-refractivity contribution is 5.80. The first-order valence-corrected chi connectivity index (χ1v) is 8.32. The van der Waals surface area contributed by atoms with Gasteiger partial charge in [-0.2, -0.15) is 0 Å². The van der Waals surface area contributed by atoms with Crippen LogP contribution in [0.2, 0.25) is 0 Å². The van der Waals surface area contributed by atoms with Crippen molar-refractivity contribution in [2.24, 2.45) is 5.92 Å². The molecule has 3 rings (SSSR count). The average molecular weight is 332 g/mol. The maximum absolute atomic E-state index is 12.1. The van der Waals surface area contributed by atoms with Gasteiger partial charge in [-0.25, -0.2) is 9.48 Å². The van der Waals surface area contributed by atoms with E-state index < -0.39 is 5.60 Å². The van der Waals surface area contributed by atoms with Crippen molar-refractivity contribution in [2.45, 2.75) is 45.8 Å². The van der Waals surface area contributed by atoms with Crippen LogP contribution in [0.15, 0.2) is 18.2 Å². The van der Waals surface area contributed by atoms with Gasteiger partial charge < -0.3 is 14.7 Å². The Balaban J connectivity index is 1.59. The molecule has 0 atom stereocenters. The minimum absolute atomic E-state index is 0.151. The van der Waals surface area contributed by atoms with E-state index >= 15 is 0 Å². The highest BCUT2D eigenvalue weighted by Crippen LogP contribution is 2.25. The van der Waals surface area contributed by atoms with Crippen LogP contribution in [0, 0.1) is 5.92 Å². The van der Waals surface area contributed by atoms with E-state index in [9.17, 15) is 9.90 Å². The number of aromatic nitrogens is 3. The standard InChI is InChI=1S/C17H24N4O3/c1-17(2,3)24-16(23)20-9-7-12(8-10-20)11-21-13-5-4-6-14(22)15(13)18-19-21/h4-6,12,22H,7-11H2,1-3H3. The van der Waals surface area contributed by atoms with Gasteiger partial charge in [-0.1, -0.05) is 11.3 Å². The maximum Gasteiger partial charge on any atom is 0.410 e. The molecule has 0 bridgehead atoms. The molecule has 1 aromatic carbocycles. The Kier molecular flexibility index (Phi) is 4.34. The number of hydrogen-bond acceptors (Lipinski definition) is 5. The molecule has 0 radical (unpaired) electrons. The van der Waals surface area contributed by atoms with Gasteiger partial charge in [0.25, 0.3) is 0 Å². The molecule has 0 spiro atoms. The molecule has 7 heteroatoms. The zero-order valence-corrected chi connectivity index (χ0v) is 14.4. The number of amides is 1. The van der Waals surface area contributed by atoms with Gasteiger partial charge in [0.2, 0.25) is 0 Å². The molecule has 1 saturated heterocycles. The van der Waals surface area contributed by atoms with Gasteiger partial charge >= 0.3 is 6.09 Å². The van der Waals surface area contributed by atoms with Crippen LogP contribution in [-0.4, -0.2) is 49.8 Å². The lowest BCUT2D eigenvalue weighted by Gasteiger charge is -2.33. The molecule has 1 N–H and O–H groups in total. The lowest BCUT2D eigenvalue weighted by Crippen LogP contribution is -2.42. The molecule has 0 unspecified atom stereocenters. The molecular weight excluding hydrogens is 308 g/mol. The second-order valence-electron chi connectivity index (χ2n) is 7.33. The quantitative estimate of drug-likeness (QED) is 0.914. The lowest BCUT2D eigenvalue weighted by atomic mass is 9.97. The van der Waals surface area contributed by atoms with E-state index in [0.29, 0.717) is 24.5 Å². The number of phenolic OH excluding ortho intramolecular Hbond substituents is 1. The zero-order chi connectivity index (χ0) is 17.3. The average Bonchev–Trinajstić information content (AvgIpc) is 2.91. The number of nitrogens with zero attached hydrogens (tertiary/aromatic N) is 4. The number of rotatable bonds is 2. The monoisotopic (exact) mass is 332 g/mol. The molecule has 0 saturated carbocycles. The molecule has 2 aromatic rings. The molecule has 1 fully saturated rings. The summed E-state index contributed by atoms with van der Waals surface area (Å²) in [5.74, 6) is 0.578. The lowest BCUT2D eigenvalue weighted by molar-refractivity contribution is 0.0177. The topological polar surface area (TPSA) is 80.5 Å². The second kappa shape index (κ2) is 6.30. The summed E-state index contributed by atoms with van der Waals surface area (Å²) in [4.78, 5) is 13.9. The van der Waals surface area contributed by atoms with E-state index in [4.69, 9.17) is 4.74 Å². The van der Waals surface area contributed by atoms with Gasteiger partial charge in [-0.3, -0.25) is 0 Å². The fourth-order valence-corrected chi connectivity index (χ4v) is 2.98. The van der Waals surface area contributed by atoms with Crippen LogP contribution in [0.1, 0.15) is 33.6 Å². The second-order valence-corrected chi connectivity index (χ2v) is 7.33. The Labute approximate surface area is 141 Å². The van der Waals surface area contributed by atoms with Crippen molar-refractivity contribution in [1.82, 2.24) is 19.9 Å². The predicted molar refractivity (Wildman–Crippen MR) is 89.7 cm³/mol. The molecule has 1 amide bonds. The number of hydrogen-bond donors (Lipinski definition) is 1. The number of piperidine rings is 1. The van der Waals surface area contributed by atoms with E-state index in [0.717, 1.165) is 24.9 Å². The van der Waals surface area contributed by atoms with Crippen molar-refractivity contribution >= 4 is 17.1 Å². The number of benzene rings is 1. The van der Waals surface area contributed by atoms with Gasteiger partial charge in [-0.05, 0) is 51.7 Å². The highest BCUT2D eigenvalue weighted by atomic mass is 16.6. The summed E-state index contributed by atoms with van der Waals surface area (Å²) >= 11 is 0. The van der Waals surface area contributed by atoms with Crippen LogP contribution < -0.4 is 0 Å². The van der Waals surface area contributed by atoms with Crippen molar-refractivity contribution in [1.29, 1.82) is 0 Å². The minimum Gasteiger partial charge on any atom is -0.506 e. The van der Waals surface area contributed by atoms with Crippen LogP contribution in [0.4, 0.5) is 4.79 Å². The predicted octanol–water partition coefficient (Wildman–Crippen LogP) is 2.78. The molecule has 130 valence electrons. The molecule has 7 nitrogen and oxygen atoms in total. The smallest absolute Gasteiger partial charge is 0.410 e. The van der Waals surface area contributed by atoms with Crippen molar-refractivity contribution in [3.63, 3.8) is 0 Å². The van der Waals surface area contributed by atoms with E-state index in [1.807, 2.05) is 31.5 Å². The summed E-state index contributed by atoms with van der Waals surface area (Å²) in [6, 6.07) is 5.31. The van der Waals surface area contributed by atoms with Crippen molar-refractivity contribution in [3.8, 4) is 5.75 Å². The SMILES string of the molecule is CC(C)(C)OC(=O)N1CCC(Cn2nnc3c(O)cccc32)CC1. The fraction of sp³-hybridized carbons (Fsp3) is 0.588. The van der Waals surface area contributed by atoms with Gasteiger partial charge in [0.1, 0.15) is 11.4 Å². The van der Waals surface area contributed by atoms with Gasteiger partial charge in [0, 0.05) is 19.6 Å². The van der Waals surface area contributed by atoms with Gasteiger partial charge in [0.05, 0.1) is 5.52 Å². The number of likely N-dealkylation sites (tertiary alicyclic amines) is 1. The number of carbonyl (C=O) groups excluding carboxylic acids is 1. The van der Waals surface area contributed by atoms with Crippen molar-refractivity contribution < 1.29 is 14.6 Å². The molecule has 1 aromatic heterocycles. The summed E-state index contributed by atoms with van der Waals surface area (Å²) < 4.78 is 7.26. The Morgan fingerprint density at radius 2 is 2.04 bits per heavy atom. The van der Waals surface area contributed by atoms with Crippen LogP contribution >= 0.6 is 0 Å². The van der Waals surface area contributed by atoms with Crippen LogP contribution in [0.25, 0.3) is 11.0 Å². The number of ether oxygens (including phenoxy) is 1. The maximum atomic E-state index is 12.1. The Morgan fingerprint density at radius 3 is 2.71 bits per heavy atom.